The van der Waals surface area contributed by atoms with E-state index in [0.29, 0.717) is 56.9 Å². The molecule has 3 amide bonds. The van der Waals surface area contributed by atoms with Gasteiger partial charge in [0.1, 0.15) is 18.1 Å². The number of esters is 1. The van der Waals surface area contributed by atoms with Crippen molar-refractivity contribution in [2.45, 2.75) is 166 Å². The van der Waals surface area contributed by atoms with Gasteiger partial charge in [0.25, 0.3) is 5.91 Å². The number of hydrogen-bond acceptors (Lipinski definition) is 13. The zero-order chi connectivity index (χ0) is 55.0. The molecule has 80 heavy (non-hydrogen) atoms. The first kappa shape index (κ1) is 54.3. The molecule has 6 saturated heterocycles. The normalized spacial score (nSPS) is 31.3. The minimum absolute atomic E-state index is 0.0196. The van der Waals surface area contributed by atoms with Crippen molar-refractivity contribution in [2.24, 2.45) is 22.7 Å². The lowest BCUT2D eigenvalue weighted by Gasteiger charge is -2.39. The van der Waals surface area contributed by atoms with Gasteiger partial charge in [0.2, 0.25) is 11.8 Å². The molecule has 3 N–H and O–H groups in total. The number of aromatic nitrogens is 2. The standard InChI is InChI=1S/C63H89N11O6/c1-6-73-52-20-19-43-30-47(52)49(57(73)48-31-46(33-64-53(48)40(2)79-5)70-29-28-69-24-10-15-45(69)35-70)32-62(3,4)39-80-61(78)50-16-11-25-74(67-50)59(76)51(36-68-23-9-14-44(43)34-68)65-58(75)56(42-12-7-8-13-42)71-26-21-63(37-71)22-27-72(38-63)60(77)55-54(66-55)41-17-18-41/h14,19-20,30-31,33,40-42,45,50-51,54-56,66-67H,6-13,15-18,21-29,32,34-39H2,1-5H3,(H,65,75)/t40-,45+,50-,51-,54+,55+,56-,63-/m0/s1. The van der Waals surface area contributed by atoms with Gasteiger partial charge in [-0.15, -0.1) is 0 Å². The highest BCUT2D eigenvalue weighted by Gasteiger charge is 2.55. The van der Waals surface area contributed by atoms with Gasteiger partial charge in [-0.3, -0.25) is 49.2 Å². The van der Waals surface area contributed by atoms with Crippen LogP contribution in [0.1, 0.15) is 134 Å². The molecule has 9 atom stereocenters. The van der Waals surface area contributed by atoms with Gasteiger partial charge in [-0.1, -0.05) is 38.8 Å². The minimum atomic E-state index is -0.849. The van der Waals surface area contributed by atoms with Crippen LogP contribution in [0.5, 0.6) is 0 Å². The monoisotopic (exact) mass is 1100 g/mol. The second kappa shape index (κ2) is 22.0. The number of rotatable bonds is 11. The summed E-state index contributed by atoms with van der Waals surface area (Å²) in [5.74, 6) is 0.454. The third kappa shape index (κ3) is 10.6. The van der Waals surface area contributed by atoms with E-state index < -0.39 is 17.5 Å². The van der Waals surface area contributed by atoms with E-state index in [0.717, 1.165) is 138 Å². The fourth-order valence-electron chi connectivity index (χ4n) is 16.1. The molecule has 432 valence electrons. The fourth-order valence-corrected chi connectivity index (χ4v) is 16.1. The number of fused-ring (bicyclic) bond motifs is 7. The Bertz CT molecular complexity index is 2890. The van der Waals surface area contributed by atoms with E-state index in [1.165, 1.54) is 48.8 Å². The Labute approximate surface area is 473 Å². The number of likely N-dealkylation sites (tertiary alicyclic amines) is 2. The fraction of sp³-hybridized carbons (Fsp3) is 0.698. The van der Waals surface area contributed by atoms with Gasteiger partial charge in [-0.05, 0) is 151 Å². The van der Waals surface area contributed by atoms with E-state index >= 15 is 9.59 Å². The van der Waals surface area contributed by atoms with Crippen LogP contribution in [0.15, 0.2) is 36.5 Å². The van der Waals surface area contributed by atoms with Crippen molar-refractivity contribution in [1.82, 2.24) is 50.2 Å². The molecule has 1 spiro atoms. The summed E-state index contributed by atoms with van der Waals surface area (Å²) in [5.41, 5.74) is 11.8. The van der Waals surface area contributed by atoms with Crippen LogP contribution in [0.3, 0.4) is 0 Å². The summed E-state index contributed by atoms with van der Waals surface area (Å²) in [6.45, 7) is 19.1. The number of ether oxygens (including phenoxy) is 2. The van der Waals surface area contributed by atoms with E-state index in [-0.39, 0.29) is 59.8 Å². The lowest BCUT2D eigenvalue weighted by Crippen LogP contribution is -2.63. The lowest BCUT2D eigenvalue weighted by atomic mass is 9.84. The number of nitrogens with one attached hydrogen (secondary N) is 3. The highest BCUT2D eigenvalue weighted by Crippen LogP contribution is 2.46. The van der Waals surface area contributed by atoms with Gasteiger partial charge >= 0.3 is 5.97 Å². The Morgan fingerprint density at radius 1 is 0.925 bits per heavy atom. The molecule has 2 aromatic heterocycles. The minimum Gasteiger partial charge on any atom is -0.464 e. The molecule has 17 heteroatoms. The highest BCUT2D eigenvalue weighted by molar-refractivity contribution is 5.95. The number of pyridine rings is 1. The van der Waals surface area contributed by atoms with Crippen molar-refractivity contribution in [3.63, 3.8) is 0 Å². The zero-order valence-corrected chi connectivity index (χ0v) is 48.5. The second-order valence-corrected chi connectivity index (χ2v) is 26.9. The number of anilines is 1. The summed E-state index contributed by atoms with van der Waals surface area (Å²) in [4.78, 5) is 75.9. The second-order valence-electron chi connectivity index (χ2n) is 26.9. The Morgan fingerprint density at radius 2 is 1.75 bits per heavy atom. The number of nitrogens with zero attached hydrogens (tertiary/aromatic N) is 8. The number of benzene rings is 1. The van der Waals surface area contributed by atoms with Crippen molar-refractivity contribution in [1.29, 1.82) is 0 Å². The summed E-state index contributed by atoms with van der Waals surface area (Å²) in [6, 6.07) is 8.29. The molecule has 17 nitrogen and oxygen atoms in total. The number of carbonyl (C=O) groups excluding carboxylic acids is 4. The Kier molecular flexibility index (Phi) is 15.0. The van der Waals surface area contributed by atoms with Crippen LogP contribution in [0.25, 0.3) is 27.7 Å². The predicted octanol–water partition coefficient (Wildman–Crippen LogP) is 6.14. The average Bonchev–Trinajstić information content (AvgIpc) is 4.23. The van der Waals surface area contributed by atoms with Crippen LogP contribution >= 0.6 is 0 Å². The predicted molar refractivity (Wildman–Crippen MR) is 309 cm³/mol. The number of piperazine rings is 1. The molecular formula is C63H89N11O6. The van der Waals surface area contributed by atoms with Gasteiger partial charge < -0.3 is 29.2 Å². The molecule has 2 aliphatic carbocycles. The van der Waals surface area contributed by atoms with Crippen molar-refractivity contribution in [3.8, 4) is 11.3 Å². The third-order valence-electron chi connectivity index (χ3n) is 20.7. The summed E-state index contributed by atoms with van der Waals surface area (Å²) in [7, 11) is 1.76. The molecule has 10 aliphatic rings. The number of hydrazine groups is 1. The van der Waals surface area contributed by atoms with Gasteiger partial charge in [0.05, 0.1) is 42.0 Å². The quantitative estimate of drug-likeness (QED) is 0.148. The first-order valence-corrected chi connectivity index (χ1v) is 31.2. The van der Waals surface area contributed by atoms with Crippen LogP contribution in [0.4, 0.5) is 5.69 Å². The van der Waals surface area contributed by atoms with Crippen LogP contribution in [0.2, 0.25) is 0 Å². The van der Waals surface area contributed by atoms with Crippen LogP contribution in [-0.4, -0.2) is 186 Å². The Hall–Kier alpha value is -4.91. The van der Waals surface area contributed by atoms with E-state index in [1.54, 1.807) is 12.1 Å². The number of carbonyl (C=O) groups is 4. The van der Waals surface area contributed by atoms with Crippen molar-refractivity contribution < 1.29 is 28.7 Å². The molecule has 6 bridgehead atoms. The van der Waals surface area contributed by atoms with E-state index in [9.17, 15) is 9.59 Å². The third-order valence-corrected chi connectivity index (χ3v) is 20.7. The summed E-state index contributed by atoms with van der Waals surface area (Å²) >= 11 is 0. The van der Waals surface area contributed by atoms with E-state index in [1.807, 2.05) is 0 Å². The maximum absolute atomic E-state index is 15.3. The molecule has 13 rings (SSSR count). The van der Waals surface area contributed by atoms with Gasteiger partial charge in [0.15, 0.2) is 0 Å². The number of aryl methyl sites for hydroxylation is 1. The molecule has 1 unspecified atom stereocenters. The first-order chi connectivity index (χ1) is 38.8. The molecule has 10 heterocycles. The van der Waals surface area contributed by atoms with Crippen molar-refractivity contribution in [3.05, 3.63) is 53.4 Å². The summed E-state index contributed by atoms with van der Waals surface area (Å²) in [5, 5.41) is 9.70. The van der Waals surface area contributed by atoms with Crippen LogP contribution in [0, 0.1) is 22.7 Å². The first-order valence-electron chi connectivity index (χ1n) is 31.2. The molecule has 0 radical (unpaired) electrons. The average molecular weight is 1100 g/mol. The zero-order valence-electron chi connectivity index (χ0n) is 48.5. The molecule has 1 aromatic carbocycles. The molecular weight excluding hydrogens is 1010 g/mol. The largest absolute Gasteiger partial charge is 0.464 e. The Morgan fingerprint density at radius 3 is 2.56 bits per heavy atom. The maximum atomic E-state index is 15.3. The van der Waals surface area contributed by atoms with E-state index in [2.05, 4.69) is 109 Å². The van der Waals surface area contributed by atoms with E-state index in [4.69, 9.17) is 14.5 Å². The lowest BCUT2D eigenvalue weighted by molar-refractivity contribution is -0.155. The number of cyclic esters (lactones) is 1. The van der Waals surface area contributed by atoms with Gasteiger partial charge in [-0.25, -0.2) is 5.43 Å². The SMILES string of the molecule is CCn1c(-c2cc(N3CCN4CCC[C@@H]4C3)cnc2[C@H](C)OC)c2c3cc(ccc31)C1=CCCN(C1)C[C@H](NC(=O)[C@H](C1CCCC1)N1CC[C@]3(CCN(C(=O)[C@@H]4N[C@@H]4C4CC4)C3)C1)C(=O)N1CCC[C@H](N1)C(=O)OCC(C)(C)C2. The van der Waals surface area contributed by atoms with Crippen molar-refractivity contribution in [2.75, 3.05) is 97.2 Å². The number of hydrogen-bond donors (Lipinski definition) is 3. The van der Waals surface area contributed by atoms with Crippen molar-refractivity contribution >= 4 is 45.9 Å². The number of amides is 3. The summed E-state index contributed by atoms with van der Waals surface area (Å²) < 4.78 is 14.9. The topological polar surface area (TPSA) is 170 Å². The molecule has 3 aromatic rings. The molecule has 8 aliphatic heterocycles. The number of methoxy groups -OCH3 is 1. The summed E-state index contributed by atoms with van der Waals surface area (Å²) in [6.07, 6.45) is 17.8. The molecule has 8 fully saturated rings. The van der Waals surface area contributed by atoms with Crippen LogP contribution in [-0.2, 0) is 41.6 Å². The maximum Gasteiger partial charge on any atom is 0.324 e. The van der Waals surface area contributed by atoms with Gasteiger partial charge in [-0.2, -0.15) is 0 Å². The molecule has 2 saturated carbocycles. The smallest absolute Gasteiger partial charge is 0.324 e. The van der Waals surface area contributed by atoms with Gasteiger partial charge in [0, 0.05) is 118 Å². The Balaban J connectivity index is 0.815. The highest BCUT2D eigenvalue weighted by atomic mass is 16.5. The van der Waals surface area contributed by atoms with Crippen LogP contribution < -0.4 is 21.0 Å².